The Kier molecular flexibility index (Phi) is 5.74. The molecular formula is C16H23NO3. The lowest BCUT2D eigenvalue weighted by molar-refractivity contribution is -0.137. The van der Waals surface area contributed by atoms with Crippen molar-refractivity contribution < 1.29 is 14.7 Å². The van der Waals surface area contributed by atoms with Crippen molar-refractivity contribution in [2.75, 3.05) is 6.54 Å². The normalized spacial score (nSPS) is 11.2. The number of carboxylic acids is 1. The van der Waals surface area contributed by atoms with Crippen LogP contribution in [0.15, 0.2) is 24.3 Å². The van der Waals surface area contributed by atoms with Crippen molar-refractivity contribution in [1.82, 2.24) is 5.32 Å². The van der Waals surface area contributed by atoms with Gasteiger partial charge in [-0.3, -0.25) is 9.59 Å². The van der Waals surface area contributed by atoms with E-state index in [0.29, 0.717) is 18.5 Å². The molecule has 1 aromatic carbocycles. The van der Waals surface area contributed by atoms with Crippen LogP contribution in [-0.2, 0) is 4.79 Å². The van der Waals surface area contributed by atoms with Gasteiger partial charge in [0.25, 0.3) is 5.91 Å². The molecule has 0 aliphatic heterocycles. The summed E-state index contributed by atoms with van der Waals surface area (Å²) in [6.07, 6.45) is 1.54. The van der Waals surface area contributed by atoms with E-state index >= 15 is 0 Å². The molecule has 1 aromatic rings. The molecule has 4 heteroatoms. The third-order valence-electron chi connectivity index (χ3n) is 3.42. The Morgan fingerprint density at radius 2 is 1.75 bits per heavy atom. The predicted molar refractivity (Wildman–Crippen MR) is 78.8 cm³/mol. The number of benzene rings is 1. The fourth-order valence-electron chi connectivity index (χ4n) is 1.89. The van der Waals surface area contributed by atoms with Crippen molar-refractivity contribution in [3.63, 3.8) is 0 Å². The molecule has 0 unspecified atom stereocenters. The van der Waals surface area contributed by atoms with Crippen LogP contribution in [0.3, 0.4) is 0 Å². The second-order valence-electron chi connectivity index (χ2n) is 5.93. The van der Waals surface area contributed by atoms with Crippen molar-refractivity contribution in [3.05, 3.63) is 35.4 Å². The first kappa shape index (κ1) is 16.2. The maximum Gasteiger partial charge on any atom is 0.303 e. The van der Waals surface area contributed by atoms with Crippen LogP contribution in [-0.4, -0.2) is 23.5 Å². The monoisotopic (exact) mass is 277 g/mol. The number of hydrogen-bond donors (Lipinski definition) is 2. The molecule has 2 N–H and O–H groups in total. The van der Waals surface area contributed by atoms with Crippen LogP contribution in [0.4, 0.5) is 0 Å². The van der Waals surface area contributed by atoms with E-state index in [-0.39, 0.29) is 17.7 Å². The number of hydrogen-bond acceptors (Lipinski definition) is 2. The van der Waals surface area contributed by atoms with Crippen LogP contribution in [0.2, 0.25) is 0 Å². The van der Waals surface area contributed by atoms with E-state index in [1.165, 1.54) is 0 Å². The summed E-state index contributed by atoms with van der Waals surface area (Å²) in [5, 5.41) is 11.6. The third-order valence-corrected chi connectivity index (χ3v) is 3.42. The maximum atomic E-state index is 11.9. The topological polar surface area (TPSA) is 66.4 Å². The minimum Gasteiger partial charge on any atom is -0.481 e. The van der Waals surface area contributed by atoms with Gasteiger partial charge in [0.05, 0.1) is 0 Å². The number of carbonyl (C=O) groups is 2. The lowest BCUT2D eigenvalue weighted by atomic mass is 9.84. The van der Waals surface area contributed by atoms with Gasteiger partial charge in [0.1, 0.15) is 0 Å². The molecule has 0 aromatic heterocycles. The molecule has 0 atom stereocenters. The molecule has 1 amide bonds. The summed E-state index contributed by atoms with van der Waals surface area (Å²) in [4.78, 5) is 22.5. The first-order chi connectivity index (χ1) is 9.30. The van der Waals surface area contributed by atoms with E-state index < -0.39 is 5.97 Å². The summed E-state index contributed by atoms with van der Waals surface area (Å²) in [7, 11) is 0. The highest BCUT2D eigenvalue weighted by atomic mass is 16.4. The van der Waals surface area contributed by atoms with Gasteiger partial charge in [-0.15, -0.1) is 0 Å². The zero-order valence-corrected chi connectivity index (χ0v) is 12.4. The number of aryl methyl sites for hydroxylation is 1. The first-order valence-corrected chi connectivity index (χ1v) is 6.87. The molecule has 4 nitrogen and oxygen atoms in total. The molecule has 20 heavy (non-hydrogen) atoms. The summed E-state index contributed by atoms with van der Waals surface area (Å²) < 4.78 is 0. The van der Waals surface area contributed by atoms with Crippen molar-refractivity contribution in [3.8, 4) is 0 Å². The van der Waals surface area contributed by atoms with Crippen LogP contribution in [0.25, 0.3) is 0 Å². The Morgan fingerprint density at radius 1 is 1.15 bits per heavy atom. The van der Waals surface area contributed by atoms with Crippen LogP contribution in [0.5, 0.6) is 0 Å². The minimum absolute atomic E-state index is 0.0842. The summed E-state index contributed by atoms with van der Waals surface area (Å²) in [6.45, 7) is 6.58. The number of carboxylic acid groups (broad SMARTS) is 1. The fourth-order valence-corrected chi connectivity index (χ4v) is 1.89. The molecule has 110 valence electrons. The standard InChI is InChI=1S/C16H23NO3/c1-12-4-6-13(7-5-12)15(20)17-11-10-16(2,3)9-8-14(18)19/h4-7H,8-11H2,1-3H3,(H,17,20)(H,18,19). The van der Waals surface area contributed by atoms with Crippen molar-refractivity contribution in [1.29, 1.82) is 0 Å². The van der Waals surface area contributed by atoms with Crippen LogP contribution >= 0.6 is 0 Å². The lowest BCUT2D eigenvalue weighted by Gasteiger charge is -2.23. The second kappa shape index (κ2) is 7.08. The van der Waals surface area contributed by atoms with E-state index in [0.717, 1.165) is 12.0 Å². The van der Waals surface area contributed by atoms with Gasteiger partial charge in [0.2, 0.25) is 0 Å². The van der Waals surface area contributed by atoms with E-state index in [4.69, 9.17) is 5.11 Å². The maximum absolute atomic E-state index is 11.9. The van der Waals surface area contributed by atoms with Crippen LogP contribution in [0.1, 0.15) is 49.0 Å². The first-order valence-electron chi connectivity index (χ1n) is 6.87. The Bertz CT molecular complexity index is 463. The van der Waals surface area contributed by atoms with Crippen molar-refractivity contribution in [2.24, 2.45) is 5.41 Å². The van der Waals surface area contributed by atoms with E-state index in [1.54, 1.807) is 12.1 Å². The van der Waals surface area contributed by atoms with Gasteiger partial charge in [-0.2, -0.15) is 0 Å². The smallest absolute Gasteiger partial charge is 0.303 e. The molecule has 0 spiro atoms. The number of nitrogens with one attached hydrogen (secondary N) is 1. The average molecular weight is 277 g/mol. The molecule has 1 rings (SSSR count). The van der Waals surface area contributed by atoms with E-state index in [2.05, 4.69) is 5.32 Å². The average Bonchev–Trinajstić information content (AvgIpc) is 2.37. The Morgan fingerprint density at radius 3 is 2.30 bits per heavy atom. The quantitative estimate of drug-likeness (QED) is 0.805. The lowest BCUT2D eigenvalue weighted by Crippen LogP contribution is -2.28. The molecule has 0 heterocycles. The molecule has 0 aliphatic rings. The highest BCUT2D eigenvalue weighted by Gasteiger charge is 2.19. The van der Waals surface area contributed by atoms with Gasteiger partial charge < -0.3 is 10.4 Å². The van der Waals surface area contributed by atoms with Crippen LogP contribution in [0, 0.1) is 12.3 Å². The SMILES string of the molecule is Cc1ccc(C(=O)NCCC(C)(C)CCC(=O)O)cc1. The highest BCUT2D eigenvalue weighted by Crippen LogP contribution is 2.26. The summed E-state index contributed by atoms with van der Waals surface area (Å²) in [6, 6.07) is 7.43. The van der Waals surface area contributed by atoms with E-state index in [9.17, 15) is 9.59 Å². The number of amides is 1. The van der Waals surface area contributed by atoms with E-state index in [1.807, 2.05) is 32.9 Å². The van der Waals surface area contributed by atoms with Gasteiger partial charge >= 0.3 is 5.97 Å². The Labute approximate surface area is 120 Å². The zero-order chi connectivity index (χ0) is 15.2. The molecular weight excluding hydrogens is 254 g/mol. The zero-order valence-electron chi connectivity index (χ0n) is 12.4. The second-order valence-corrected chi connectivity index (χ2v) is 5.93. The van der Waals surface area contributed by atoms with Gasteiger partial charge in [-0.25, -0.2) is 0 Å². The fraction of sp³-hybridized carbons (Fsp3) is 0.500. The number of aliphatic carboxylic acids is 1. The Balaban J connectivity index is 2.38. The summed E-state index contributed by atoms with van der Waals surface area (Å²) in [5.74, 6) is -0.860. The number of rotatable bonds is 7. The molecule has 0 fully saturated rings. The summed E-state index contributed by atoms with van der Waals surface area (Å²) in [5.41, 5.74) is 1.69. The van der Waals surface area contributed by atoms with Crippen LogP contribution < -0.4 is 5.32 Å². The third kappa shape index (κ3) is 5.87. The largest absolute Gasteiger partial charge is 0.481 e. The van der Waals surface area contributed by atoms with Gasteiger partial charge in [-0.05, 0) is 37.3 Å². The molecule has 0 saturated heterocycles. The highest BCUT2D eigenvalue weighted by molar-refractivity contribution is 5.94. The van der Waals surface area contributed by atoms with Gasteiger partial charge in [0, 0.05) is 18.5 Å². The van der Waals surface area contributed by atoms with Crippen molar-refractivity contribution in [2.45, 2.75) is 40.0 Å². The summed E-state index contributed by atoms with van der Waals surface area (Å²) >= 11 is 0. The molecule has 0 aliphatic carbocycles. The van der Waals surface area contributed by atoms with Crippen molar-refractivity contribution >= 4 is 11.9 Å². The molecule has 0 saturated carbocycles. The molecule has 0 radical (unpaired) electrons. The van der Waals surface area contributed by atoms with Gasteiger partial charge in [-0.1, -0.05) is 31.5 Å². The predicted octanol–water partition coefficient (Wildman–Crippen LogP) is 3.01. The minimum atomic E-state index is -0.776. The molecule has 0 bridgehead atoms. The number of carbonyl (C=O) groups excluding carboxylic acids is 1. The van der Waals surface area contributed by atoms with Gasteiger partial charge in [0.15, 0.2) is 0 Å². The Hall–Kier alpha value is -1.84.